The summed E-state index contributed by atoms with van der Waals surface area (Å²) in [5.41, 5.74) is 4.68. The third-order valence-corrected chi connectivity index (χ3v) is 3.64. The first-order valence-corrected chi connectivity index (χ1v) is 7.27. The fourth-order valence-corrected chi connectivity index (χ4v) is 2.23. The lowest BCUT2D eigenvalue weighted by atomic mass is 10.2. The minimum absolute atomic E-state index is 0.494. The first kappa shape index (κ1) is 13.8. The van der Waals surface area contributed by atoms with Crippen LogP contribution in [0.3, 0.4) is 0 Å². The van der Waals surface area contributed by atoms with E-state index in [-0.39, 0.29) is 0 Å². The van der Waals surface area contributed by atoms with Crippen LogP contribution in [-0.4, -0.2) is 21.5 Å². The van der Waals surface area contributed by atoms with Crippen LogP contribution in [-0.2, 0) is 6.42 Å². The quantitative estimate of drug-likeness (QED) is 0.555. The van der Waals surface area contributed by atoms with Crippen LogP contribution < -0.4 is 16.6 Å². The van der Waals surface area contributed by atoms with Crippen molar-refractivity contribution in [3.8, 4) is 0 Å². The Morgan fingerprint density at radius 1 is 1.24 bits per heavy atom. The predicted octanol–water partition coefficient (Wildman–Crippen LogP) is 2.00. The van der Waals surface area contributed by atoms with Crippen molar-refractivity contribution in [2.75, 3.05) is 17.3 Å². The highest BCUT2D eigenvalue weighted by atomic mass is 15.3. The molecule has 0 aromatic carbocycles. The molecular formula is C15H20N6. The number of nitrogens with one attached hydrogen (secondary N) is 2. The van der Waals surface area contributed by atoms with Gasteiger partial charge < -0.3 is 10.7 Å². The van der Waals surface area contributed by atoms with Gasteiger partial charge >= 0.3 is 0 Å². The van der Waals surface area contributed by atoms with Gasteiger partial charge in [0.15, 0.2) is 0 Å². The van der Waals surface area contributed by atoms with Gasteiger partial charge in [0.1, 0.15) is 17.5 Å². The highest BCUT2D eigenvalue weighted by Crippen LogP contribution is 2.39. The fraction of sp³-hybridized carbons (Fsp3) is 0.400. The molecule has 0 bridgehead atoms. The zero-order valence-electron chi connectivity index (χ0n) is 12.1. The number of nitrogens with zero attached hydrogens (tertiary/aromatic N) is 3. The third-order valence-electron chi connectivity index (χ3n) is 3.64. The van der Waals surface area contributed by atoms with Crippen molar-refractivity contribution in [1.82, 2.24) is 15.0 Å². The van der Waals surface area contributed by atoms with Gasteiger partial charge in [-0.05, 0) is 31.9 Å². The average Bonchev–Trinajstić information content (AvgIpc) is 3.35. The maximum absolute atomic E-state index is 5.55. The molecule has 4 N–H and O–H groups in total. The van der Waals surface area contributed by atoms with Gasteiger partial charge in [-0.2, -0.15) is 0 Å². The molecule has 0 spiro atoms. The maximum Gasteiger partial charge on any atom is 0.148 e. The van der Waals surface area contributed by atoms with Crippen LogP contribution in [0.4, 0.5) is 11.6 Å². The van der Waals surface area contributed by atoms with Gasteiger partial charge in [-0.25, -0.2) is 15.8 Å². The average molecular weight is 284 g/mol. The van der Waals surface area contributed by atoms with E-state index in [1.165, 1.54) is 12.8 Å². The first-order chi connectivity index (χ1) is 10.3. The van der Waals surface area contributed by atoms with Crippen LogP contribution in [0, 0.1) is 6.92 Å². The molecule has 1 saturated carbocycles. The summed E-state index contributed by atoms with van der Waals surface area (Å²) < 4.78 is 0. The van der Waals surface area contributed by atoms with E-state index in [0.717, 1.165) is 35.9 Å². The van der Waals surface area contributed by atoms with Crippen LogP contribution in [0.2, 0.25) is 0 Å². The zero-order valence-corrected chi connectivity index (χ0v) is 12.1. The molecule has 110 valence electrons. The van der Waals surface area contributed by atoms with E-state index in [2.05, 4.69) is 25.7 Å². The minimum Gasteiger partial charge on any atom is -0.369 e. The summed E-state index contributed by atoms with van der Waals surface area (Å²) >= 11 is 0. The van der Waals surface area contributed by atoms with E-state index in [9.17, 15) is 0 Å². The molecule has 1 aliphatic carbocycles. The van der Waals surface area contributed by atoms with Gasteiger partial charge in [-0.1, -0.05) is 6.07 Å². The second kappa shape index (κ2) is 6.05. The smallest absolute Gasteiger partial charge is 0.148 e. The van der Waals surface area contributed by atoms with Crippen LogP contribution >= 0.6 is 0 Å². The summed E-state index contributed by atoms with van der Waals surface area (Å²) in [5.74, 6) is 8.49. The Morgan fingerprint density at radius 2 is 2.05 bits per heavy atom. The van der Waals surface area contributed by atoms with Crippen molar-refractivity contribution in [3.63, 3.8) is 0 Å². The van der Waals surface area contributed by atoms with Crippen LogP contribution in [0.5, 0.6) is 0 Å². The van der Waals surface area contributed by atoms with Gasteiger partial charge in [-0.3, -0.25) is 4.98 Å². The molecule has 21 heavy (non-hydrogen) atoms. The monoisotopic (exact) mass is 284 g/mol. The predicted molar refractivity (Wildman–Crippen MR) is 83.0 cm³/mol. The Hall–Kier alpha value is -2.21. The SMILES string of the molecule is Cc1c(NN)nc(C2CC2)nc1NCCc1ccccn1. The van der Waals surface area contributed by atoms with E-state index in [4.69, 9.17) is 5.84 Å². The minimum atomic E-state index is 0.494. The number of aromatic nitrogens is 3. The number of hydrogen-bond acceptors (Lipinski definition) is 6. The molecule has 0 saturated heterocycles. The Labute approximate surface area is 124 Å². The largest absolute Gasteiger partial charge is 0.369 e. The fourth-order valence-electron chi connectivity index (χ4n) is 2.23. The second-order valence-corrected chi connectivity index (χ2v) is 5.32. The van der Waals surface area contributed by atoms with Gasteiger partial charge in [0, 0.05) is 36.3 Å². The molecule has 0 aliphatic heterocycles. The summed E-state index contributed by atoms with van der Waals surface area (Å²) in [6.45, 7) is 2.75. The third kappa shape index (κ3) is 3.28. The molecule has 0 atom stereocenters. The Bertz CT molecular complexity index is 609. The molecule has 6 heteroatoms. The van der Waals surface area contributed by atoms with E-state index >= 15 is 0 Å². The van der Waals surface area contributed by atoms with Crippen molar-refractivity contribution in [2.24, 2.45) is 5.84 Å². The molecule has 1 aliphatic rings. The van der Waals surface area contributed by atoms with E-state index in [1.807, 2.05) is 31.3 Å². The van der Waals surface area contributed by atoms with Crippen molar-refractivity contribution in [2.45, 2.75) is 32.1 Å². The maximum atomic E-state index is 5.55. The first-order valence-electron chi connectivity index (χ1n) is 7.27. The van der Waals surface area contributed by atoms with Gasteiger partial charge in [0.05, 0.1) is 0 Å². The summed E-state index contributed by atoms with van der Waals surface area (Å²) in [4.78, 5) is 13.4. The van der Waals surface area contributed by atoms with Gasteiger partial charge in [-0.15, -0.1) is 0 Å². The van der Waals surface area contributed by atoms with Crippen LogP contribution in [0.1, 0.15) is 35.8 Å². The summed E-state index contributed by atoms with van der Waals surface area (Å²) in [6.07, 6.45) is 5.00. The van der Waals surface area contributed by atoms with Crippen molar-refractivity contribution in [3.05, 3.63) is 41.5 Å². The number of hydrogen-bond donors (Lipinski definition) is 3. The standard InChI is InChI=1S/C15H20N6/c1-10-13(18-9-7-12-4-2-3-8-17-12)19-15(11-5-6-11)20-14(10)21-16/h2-4,8,11H,5-7,9,16H2,1H3,(H2,18,19,20,21). The summed E-state index contributed by atoms with van der Waals surface area (Å²) in [5, 5.41) is 3.37. The molecule has 0 unspecified atom stereocenters. The number of anilines is 2. The lowest BCUT2D eigenvalue weighted by Gasteiger charge is -2.13. The van der Waals surface area contributed by atoms with E-state index in [0.29, 0.717) is 11.7 Å². The highest BCUT2D eigenvalue weighted by Gasteiger charge is 2.28. The second-order valence-electron chi connectivity index (χ2n) is 5.32. The van der Waals surface area contributed by atoms with Crippen molar-refractivity contribution >= 4 is 11.6 Å². The number of pyridine rings is 1. The van der Waals surface area contributed by atoms with E-state index in [1.54, 1.807) is 0 Å². The zero-order chi connectivity index (χ0) is 14.7. The van der Waals surface area contributed by atoms with Gasteiger partial charge in [0.25, 0.3) is 0 Å². The van der Waals surface area contributed by atoms with Crippen molar-refractivity contribution < 1.29 is 0 Å². The molecule has 0 amide bonds. The van der Waals surface area contributed by atoms with Gasteiger partial charge in [0.2, 0.25) is 0 Å². The van der Waals surface area contributed by atoms with Crippen LogP contribution in [0.25, 0.3) is 0 Å². The number of hydrazine groups is 1. The number of rotatable bonds is 6. The Morgan fingerprint density at radius 3 is 2.71 bits per heavy atom. The Balaban J connectivity index is 1.70. The number of nitrogen functional groups attached to an aromatic ring is 1. The lowest BCUT2D eigenvalue weighted by molar-refractivity contribution is 0.898. The van der Waals surface area contributed by atoms with Crippen LogP contribution in [0.15, 0.2) is 24.4 Å². The topological polar surface area (TPSA) is 88.8 Å². The normalized spacial score (nSPS) is 14.0. The summed E-state index contributed by atoms with van der Waals surface area (Å²) in [7, 11) is 0. The molecule has 2 aromatic rings. The molecule has 2 aromatic heterocycles. The molecule has 3 rings (SSSR count). The molecule has 2 heterocycles. The highest BCUT2D eigenvalue weighted by molar-refractivity contribution is 5.57. The van der Waals surface area contributed by atoms with Crippen molar-refractivity contribution in [1.29, 1.82) is 0 Å². The summed E-state index contributed by atoms with van der Waals surface area (Å²) in [6, 6.07) is 5.95. The Kier molecular flexibility index (Phi) is 3.96. The number of nitrogens with two attached hydrogens (primary N) is 1. The lowest BCUT2D eigenvalue weighted by Crippen LogP contribution is -2.16. The molecular weight excluding hydrogens is 264 g/mol. The molecule has 0 radical (unpaired) electrons. The molecule has 6 nitrogen and oxygen atoms in total. The molecule has 1 fully saturated rings. The van der Waals surface area contributed by atoms with E-state index < -0.39 is 0 Å².